The maximum atomic E-state index is 3.45. The molecule has 1 aromatic rings. The maximum Gasteiger partial charge on any atom is 0.0329 e. The van der Waals surface area contributed by atoms with Crippen molar-refractivity contribution in [2.24, 2.45) is 0 Å². The van der Waals surface area contributed by atoms with Crippen LogP contribution in [0.4, 0.5) is 0 Å². The van der Waals surface area contributed by atoms with E-state index >= 15 is 0 Å². The van der Waals surface area contributed by atoms with Crippen LogP contribution in [0.5, 0.6) is 0 Å². The molecule has 1 N–H and O–H groups in total. The quantitative estimate of drug-likeness (QED) is 0.810. The predicted molar refractivity (Wildman–Crippen MR) is 89.3 cm³/mol. The number of nitrogens with one attached hydrogen (secondary N) is 1. The third-order valence-corrected chi connectivity index (χ3v) is 4.16. The van der Waals surface area contributed by atoms with Crippen molar-refractivity contribution in [3.8, 4) is 0 Å². The minimum Gasteiger partial charge on any atom is -0.313 e. The zero-order chi connectivity index (χ0) is 15.2. The highest BCUT2D eigenvalue weighted by Crippen LogP contribution is 2.24. The number of nitrogens with zero attached hydrogens (tertiary/aromatic N) is 1. The molecule has 1 atom stereocenters. The maximum absolute atomic E-state index is 3.45. The lowest BCUT2D eigenvalue weighted by Gasteiger charge is -2.24. The summed E-state index contributed by atoms with van der Waals surface area (Å²) in [5.74, 6) is 0. The van der Waals surface area contributed by atoms with Crippen molar-refractivity contribution in [3.63, 3.8) is 0 Å². The molecule has 1 unspecified atom stereocenters. The third-order valence-electron chi connectivity index (χ3n) is 4.16. The van der Waals surface area contributed by atoms with E-state index in [2.05, 4.69) is 76.1 Å². The Bertz CT molecular complexity index is 371. The lowest BCUT2D eigenvalue weighted by molar-refractivity contribution is 0.284. The molecule has 20 heavy (non-hydrogen) atoms. The third kappa shape index (κ3) is 4.92. The molecule has 0 bridgehead atoms. The highest BCUT2D eigenvalue weighted by Gasteiger charge is 2.15. The molecule has 0 aliphatic heterocycles. The Morgan fingerprint density at radius 3 is 2.00 bits per heavy atom. The first-order valence-corrected chi connectivity index (χ1v) is 7.92. The molecule has 1 aromatic carbocycles. The van der Waals surface area contributed by atoms with Crippen LogP contribution in [0.2, 0.25) is 0 Å². The molecular weight excluding hydrogens is 244 g/mol. The summed E-state index contributed by atoms with van der Waals surface area (Å²) in [5.41, 5.74) is 3.03. The second-order valence-corrected chi connectivity index (χ2v) is 6.53. The van der Waals surface area contributed by atoms with Gasteiger partial charge >= 0.3 is 0 Å². The Balaban J connectivity index is 2.70. The van der Waals surface area contributed by atoms with Crippen LogP contribution in [-0.2, 0) is 5.41 Å². The van der Waals surface area contributed by atoms with Crippen molar-refractivity contribution in [1.82, 2.24) is 10.2 Å². The van der Waals surface area contributed by atoms with Crippen LogP contribution in [0.25, 0.3) is 0 Å². The summed E-state index contributed by atoms with van der Waals surface area (Å²) in [6, 6.07) is 9.56. The first-order chi connectivity index (χ1) is 9.42. The SMILES string of the molecule is CCN(CC)CCC(NC)c1ccc(C(C)(C)C)cc1. The Labute approximate surface area is 125 Å². The van der Waals surface area contributed by atoms with E-state index in [0.29, 0.717) is 6.04 Å². The summed E-state index contributed by atoms with van der Waals surface area (Å²) >= 11 is 0. The summed E-state index contributed by atoms with van der Waals surface area (Å²) in [7, 11) is 2.06. The summed E-state index contributed by atoms with van der Waals surface area (Å²) in [5, 5.41) is 3.45. The van der Waals surface area contributed by atoms with E-state index in [-0.39, 0.29) is 5.41 Å². The second-order valence-electron chi connectivity index (χ2n) is 6.53. The van der Waals surface area contributed by atoms with Crippen molar-refractivity contribution in [2.75, 3.05) is 26.7 Å². The van der Waals surface area contributed by atoms with Crippen molar-refractivity contribution in [1.29, 1.82) is 0 Å². The van der Waals surface area contributed by atoms with Gasteiger partial charge in [0.05, 0.1) is 0 Å². The van der Waals surface area contributed by atoms with Gasteiger partial charge in [-0.3, -0.25) is 0 Å². The van der Waals surface area contributed by atoms with E-state index in [0.717, 1.165) is 26.1 Å². The normalized spacial score (nSPS) is 13.8. The van der Waals surface area contributed by atoms with E-state index < -0.39 is 0 Å². The Morgan fingerprint density at radius 1 is 1.05 bits per heavy atom. The topological polar surface area (TPSA) is 15.3 Å². The fraction of sp³-hybridized carbons (Fsp3) is 0.667. The molecule has 0 saturated heterocycles. The fourth-order valence-corrected chi connectivity index (χ4v) is 2.54. The molecule has 0 spiro atoms. The minimum absolute atomic E-state index is 0.231. The van der Waals surface area contributed by atoms with Gasteiger partial charge in [0.1, 0.15) is 0 Å². The van der Waals surface area contributed by atoms with Gasteiger partial charge < -0.3 is 10.2 Å². The van der Waals surface area contributed by atoms with Gasteiger partial charge in [0.15, 0.2) is 0 Å². The van der Waals surface area contributed by atoms with Gasteiger partial charge in [-0.05, 0) is 49.6 Å². The lowest BCUT2D eigenvalue weighted by atomic mass is 9.86. The molecule has 0 aliphatic rings. The molecule has 0 aliphatic carbocycles. The van der Waals surface area contributed by atoms with Crippen molar-refractivity contribution in [3.05, 3.63) is 35.4 Å². The smallest absolute Gasteiger partial charge is 0.0329 e. The molecule has 0 fully saturated rings. The molecule has 0 radical (unpaired) electrons. The van der Waals surface area contributed by atoms with Crippen molar-refractivity contribution >= 4 is 0 Å². The molecule has 1 rings (SSSR count). The molecule has 0 heterocycles. The van der Waals surface area contributed by atoms with E-state index in [1.165, 1.54) is 11.1 Å². The number of benzene rings is 1. The summed E-state index contributed by atoms with van der Waals surface area (Å²) in [6.45, 7) is 14.7. The molecule has 0 saturated carbocycles. The van der Waals surface area contributed by atoms with Crippen LogP contribution in [0.3, 0.4) is 0 Å². The van der Waals surface area contributed by atoms with Crippen LogP contribution in [0.1, 0.15) is 58.2 Å². The van der Waals surface area contributed by atoms with Crippen LogP contribution in [0, 0.1) is 0 Å². The first kappa shape index (κ1) is 17.2. The highest BCUT2D eigenvalue weighted by atomic mass is 15.1. The van der Waals surface area contributed by atoms with E-state index in [1.807, 2.05) is 0 Å². The van der Waals surface area contributed by atoms with Gasteiger partial charge in [-0.25, -0.2) is 0 Å². The average molecular weight is 276 g/mol. The largest absolute Gasteiger partial charge is 0.313 e. The van der Waals surface area contributed by atoms with Gasteiger partial charge in [0.25, 0.3) is 0 Å². The zero-order valence-corrected chi connectivity index (χ0v) is 14.2. The van der Waals surface area contributed by atoms with Gasteiger partial charge in [0, 0.05) is 6.04 Å². The van der Waals surface area contributed by atoms with Gasteiger partial charge in [-0.2, -0.15) is 0 Å². The summed E-state index contributed by atoms with van der Waals surface area (Å²) in [4.78, 5) is 2.48. The van der Waals surface area contributed by atoms with Gasteiger partial charge in [-0.1, -0.05) is 58.9 Å². The van der Waals surface area contributed by atoms with Crippen molar-refractivity contribution in [2.45, 2.75) is 52.5 Å². The fourth-order valence-electron chi connectivity index (χ4n) is 2.54. The molecule has 2 heteroatoms. The highest BCUT2D eigenvalue weighted by molar-refractivity contribution is 5.29. The average Bonchev–Trinajstić information content (AvgIpc) is 2.43. The van der Waals surface area contributed by atoms with E-state index in [9.17, 15) is 0 Å². The standard InChI is InChI=1S/C18H32N2/c1-7-20(8-2)14-13-17(19-6)15-9-11-16(12-10-15)18(3,4)5/h9-12,17,19H,7-8,13-14H2,1-6H3. The Kier molecular flexibility index (Phi) is 6.70. The molecule has 0 aromatic heterocycles. The molecule has 2 nitrogen and oxygen atoms in total. The molecular formula is C18H32N2. The predicted octanol–water partition coefficient (Wildman–Crippen LogP) is 3.98. The Morgan fingerprint density at radius 2 is 1.60 bits per heavy atom. The second kappa shape index (κ2) is 7.80. The Hall–Kier alpha value is -0.860. The molecule has 0 amide bonds. The van der Waals surface area contributed by atoms with E-state index in [1.54, 1.807) is 0 Å². The minimum atomic E-state index is 0.231. The summed E-state index contributed by atoms with van der Waals surface area (Å²) < 4.78 is 0. The van der Waals surface area contributed by atoms with Gasteiger partial charge in [0.2, 0.25) is 0 Å². The van der Waals surface area contributed by atoms with E-state index in [4.69, 9.17) is 0 Å². The molecule has 114 valence electrons. The van der Waals surface area contributed by atoms with Crippen LogP contribution in [0.15, 0.2) is 24.3 Å². The zero-order valence-electron chi connectivity index (χ0n) is 14.2. The van der Waals surface area contributed by atoms with Crippen LogP contribution >= 0.6 is 0 Å². The van der Waals surface area contributed by atoms with Gasteiger partial charge in [-0.15, -0.1) is 0 Å². The van der Waals surface area contributed by atoms with Crippen molar-refractivity contribution < 1.29 is 0 Å². The monoisotopic (exact) mass is 276 g/mol. The van der Waals surface area contributed by atoms with Crippen LogP contribution < -0.4 is 5.32 Å². The number of hydrogen-bond donors (Lipinski definition) is 1. The number of hydrogen-bond acceptors (Lipinski definition) is 2. The van der Waals surface area contributed by atoms with Crippen LogP contribution in [-0.4, -0.2) is 31.6 Å². The first-order valence-electron chi connectivity index (χ1n) is 7.92. The number of rotatable bonds is 7. The summed E-state index contributed by atoms with van der Waals surface area (Å²) in [6.07, 6.45) is 1.16. The lowest BCUT2D eigenvalue weighted by Crippen LogP contribution is -2.28.